The molecular weight excluding hydrogens is 721 g/mol. The van der Waals surface area contributed by atoms with Gasteiger partial charge in [-0.15, -0.1) is 0 Å². The van der Waals surface area contributed by atoms with Gasteiger partial charge < -0.3 is 13.6 Å². The number of fused-ring (bicyclic) bond motifs is 9. The van der Waals surface area contributed by atoms with E-state index in [0.29, 0.717) is 0 Å². The maximum absolute atomic E-state index is 6.38. The van der Waals surface area contributed by atoms with Crippen molar-refractivity contribution >= 4 is 94.4 Å². The number of benzene rings is 9. The average molecular weight is 757 g/mol. The van der Waals surface area contributed by atoms with E-state index in [2.05, 4.69) is 221 Å². The minimum atomic E-state index is -3.01. The second-order valence-corrected chi connectivity index (χ2v) is 19.0. The zero-order valence-electron chi connectivity index (χ0n) is 31.6. The number of aromatic nitrogens is 2. The Labute approximate surface area is 336 Å². The molecule has 12 aromatic rings. The van der Waals surface area contributed by atoms with Crippen LogP contribution in [0.4, 0.5) is 0 Å². The molecule has 0 atom stereocenters. The van der Waals surface area contributed by atoms with Crippen LogP contribution in [0.25, 0.3) is 76.9 Å². The maximum atomic E-state index is 6.38. The van der Waals surface area contributed by atoms with Gasteiger partial charge >= 0.3 is 0 Å². The normalized spacial score (nSPS) is 12.1. The van der Waals surface area contributed by atoms with Crippen LogP contribution in [0.1, 0.15) is 0 Å². The van der Waals surface area contributed by atoms with Crippen molar-refractivity contribution in [1.82, 2.24) is 9.13 Å². The monoisotopic (exact) mass is 756 g/mol. The summed E-state index contributed by atoms with van der Waals surface area (Å²) in [7, 11) is -3.01. The molecule has 0 saturated heterocycles. The van der Waals surface area contributed by atoms with Gasteiger partial charge in [0.15, 0.2) is 8.07 Å². The van der Waals surface area contributed by atoms with Crippen molar-refractivity contribution in [2.45, 2.75) is 0 Å². The van der Waals surface area contributed by atoms with E-state index < -0.39 is 8.07 Å². The molecule has 3 heterocycles. The zero-order chi connectivity index (χ0) is 38.2. The number of hydrogen-bond donors (Lipinski definition) is 0. The average Bonchev–Trinajstić information content (AvgIpc) is 3.95. The lowest BCUT2D eigenvalue weighted by Crippen LogP contribution is -2.75. The highest BCUT2D eigenvalue weighted by Crippen LogP contribution is 2.38. The molecule has 272 valence electrons. The zero-order valence-corrected chi connectivity index (χ0v) is 32.6. The molecule has 3 nitrogen and oxygen atoms in total. The first-order valence-corrected chi connectivity index (χ1v) is 21.9. The van der Waals surface area contributed by atoms with Crippen LogP contribution in [0.15, 0.2) is 223 Å². The Morgan fingerprint density at radius 2 is 0.828 bits per heavy atom. The van der Waals surface area contributed by atoms with Gasteiger partial charge in [-0.3, -0.25) is 0 Å². The predicted octanol–water partition coefficient (Wildman–Crippen LogP) is 11.2. The van der Waals surface area contributed by atoms with Crippen molar-refractivity contribution in [2.24, 2.45) is 0 Å². The highest BCUT2D eigenvalue weighted by Gasteiger charge is 2.43. The summed E-state index contributed by atoms with van der Waals surface area (Å²) in [6, 6.07) is 80.4. The van der Waals surface area contributed by atoms with E-state index in [0.717, 1.165) is 33.3 Å². The van der Waals surface area contributed by atoms with Crippen LogP contribution in [0, 0.1) is 0 Å². The van der Waals surface area contributed by atoms with Gasteiger partial charge in [-0.1, -0.05) is 164 Å². The summed E-state index contributed by atoms with van der Waals surface area (Å²) in [4.78, 5) is 0. The summed E-state index contributed by atoms with van der Waals surface area (Å²) in [5.74, 6) is 0. The molecule has 0 bridgehead atoms. The molecule has 0 radical (unpaired) electrons. The highest BCUT2D eigenvalue weighted by atomic mass is 28.3. The van der Waals surface area contributed by atoms with Gasteiger partial charge in [0, 0.05) is 43.7 Å². The van der Waals surface area contributed by atoms with E-state index in [9.17, 15) is 0 Å². The summed E-state index contributed by atoms with van der Waals surface area (Å²) in [5.41, 5.74) is 8.92. The fraction of sp³-hybridized carbons (Fsp3) is 0. The molecule has 0 fully saturated rings. The van der Waals surface area contributed by atoms with Crippen LogP contribution >= 0.6 is 0 Å². The largest absolute Gasteiger partial charge is 0.456 e. The molecule has 58 heavy (non-hydrogen) atoms. The summed E-state index contributed by atoms with van der Waals surface area (Å²) in [6.45, 7) is 0. The van der Waals surface area contributed by atoms with Crippen LogP contribution in [0.5, 0.6) is 0 Å². The van der Waals surface area contributed by atoms with E-state index in [1.807, 2.05) is 6.07 Å². The molecule has 0 spiro atoms. The standard InChI is InChI=1S/C54H36N2OSi/c1-4-17-37(18-5-1)56-49-28-14-10-23-42(49)45-26-16-30-53(54(45)56)58(39-19-6-2-7-20-39,40-21-8-3-9-22-40)41-33-31-38(32-34-41)55-48-27-13-11-24-43(48)46-36-52-47(35-50(46)55)44-25-12-15-29-51(44)57-52/h1-36H. The molecule has 0 N–H and O–H groups in total. The van der Waals surface area contributed by atoms with Crippen LogP contribution in [0.3, 0.4) is 0 Å². The molecule has 0 amide bonds. The highest BCUT2D eigenvalue weighted by molar-refractivity contribution is 7.20. The smallest absolute Gasteiger partial charge is 0.181 e. The van der Waals surface area contributed by atoms with E-state index in [4.69, 9.17) is 4.42 Å². The fourth-order valence-corrected chi connectivity index (χ4v) is 14.8. The van der Waals surface area contributed by atoms with E-state index in [1.54, 1.807) is 0 Å². The Balaban J connectivity index is 1.16. The van der Waals surface area contributed by atoms with Crippen molar-refractivity contribution in [1.29, 1.82) is 0 Å². The van der Waals surface area contributed by atoms with Gasteiger partial charge in [-0.2, -0.15) is 0 Å². The molecule has 9 aromatic carbocycles. The second-order valence-electron chi connectivity index (χ2n) is 15.2. The van der Waals surface area contributed by atoms with Crippen molar-refractivity contribution < 1.29 is 4.42 Å². The summed E-state index contributed by atoms with van der Waals surface area (Å²) in [5, 5.41) is 12.6. The molecule has 0 saturated carbocycles. The number of rotatable bonds is 6. The quantitative estimate of drug-likeness (QED) is 0.122. The summed E-state index contributed by atoms with van der Waals surface area (Å²) >= 11 is 0. The first-order chi connectivity index (χ1) is 28.8. The lowest BCUT2D eigenvalue weighted by Gasteiger charge is -2.35. The Hall–Kier alpha value is -7.40. The van der Waals surface area contributed by atoms with E-state index >= 15 is 0 Å². The van der Waals surface area contributed by atoms with Crippen molar-refractivity contribution in [3.63, 3.8) is 0 Å². The second kappa shape index (κ2) is 12.8. The van der Waals surface area contributed by atoms with E-state index in [1.165, 1.54) is 64.4 Å². The maximum Gasteiger partial charge on any atom is 0.181 e. The summed E-state index contributed by atoms with van der Waals surface area (Å²) in [6.07, 6.45) is 0. The molecule has 4 heteroatoms. The Morgan fingerprint density at radius 1 is 0.310 bits per heavy atom. The van der Waals surface area contributed by atoms with Crippen LogP contribution < -0.4 is 20.7 Å². The van der Waals surface area contributed by atoms with Gasteiger partial charge in [0.1, 0.15) is 11.2 Å². The Bertz CT molecular complexity index is 3450. The topological polar surface area (TPSA) is 23.0 Å². The third-order valence-corrected chi connectivity index (χ3v) is 17.1. The molecule has 0 unspecified atom stereocenters. The number of para-hydroxylation sites is 5. The molecule has 0 aliphatic heterocycles. The van der Waals surface area contributed by atoms with Gasteiger partial charge in [0.05, 0.1) is 22.1 Å². The Morgan fingerprint density at radius 3 is 1.52 bits per heavy atom. The third-order valence-electron chi connectivity index (χ3n) is 12.3. The minimum Gasteiger partial charge on any atom is -0.456 e. The van der Waals surface area contributed by atoms with Crippen LogP contribution in [0.2, 0.25) is 0 Å². The lowest BCUT2D eigenvalue weighted by molar-refractivity contribution is 0.669. The molecule has 0 aliphatic rings. The first-order valence-electron chi connectivity index (χ1n) is 19.9. The molecule has 3 aromatic heterocycles. The third kappa shape index (κ3) is 4.67. The number of furan rings is 1. The number of hydrogen-bond acceptors (Lipinski definition) is 1. The van der Waals surface area contributed by atoms with Crippen molar-refractivity contribution in [3.05, 3.63) is 218 Å². The molecular formula is C54H36N2OSi. The molecule has 12 rings (SSSR count). The van der Waals surface area contributed by atoms with E-state index in [-0.39, 0.29) is 0 Å². The lowest BCUT2D eigenvalue weighted by atomic mass is 10.1. The Kier molecular flexibility index (Phi) is 7.25. The predicted molar refractivity (Wildman–Crippen MR) is 246 cm³/mol. The van der Waals surface area contributed by atoms with Crippen molar-refractivity contribution in [3.8, 4) is 11.4 Å². The van der Waals surface area contributed by atoms with Crippen LogP contribution in [-0.2, 0) is 0 Å². The number of nitrogens with zero attached hydrogens (tertiary/aromatic N) is 2. The van der Waals surface area contributed by atoms with Gasteiger partial charge in [0.2, 0.25) is 0 Å². The van der Waals surface area contributed by atoms with Gasteiger partial charge in [-0.05, 0) is 75.3 Å². The SMILES string of the molecule is c1ccc(-n2c3ccccc3c3cccc([Si](c4ccccc4)(c4ccccc4)c4ccc(-n5c6ccccc6c6cc7oc8ccccc8c7cc65)cc4)c32)cc1. The van der Waals surface area contributed by atoms with Gasteiger partial charge in [-0.25, -0.2) is 0 Å². The van der Waals surface area contributed by atoms with Crippen molar-refractivity contribution in [2.75, 3.05) is 0 Å². The van der Waals surface area contributed by atoms with Gasteiger partial charge in [0.25, 0.3) is 0 Å². The summed E-state index contributed by atoms with van der Waals surface area (Å²) < 4.78 is 11.3. The molecule has 0 aliphatic carbocycles. The minimum absolute atomic E-state index is 0.912. The fourth-order valence-electron chi connectivity index (χ4n) is 9.83. The first kappa shape index (κ1) is 32.8. The van der Waals surface area contributed by atoms with Crippen LogP contribution in [-0.4, -0.2) is 17.2 Å².